The van der Waals surface area contributed by atoms with Crippen LogP contribution in [0.1, 0.15) is 38.4 Å². The van der Waals surface area contributed by atoms with Gasteiger partial charge in [-0.2, -0.15) is 9.97 Å². The van der Waals surface area contributed by atoms with E-state index in [1.807, 2.05) is 11.8 Å². The average Bonchev–Trinajstić information content (AvgIpc) is 3.03. The van der Waals surface area contributed by atoms with Crippen molar-refractivity contribution < 1.29 is 18.3 Å². The molecule has 33 heavy (non-hydrogen) atoms. The summed E-state index contributed by atoms with van der Waals surface area (Å²) < 4.78 is 41.3. The fourth-order valence-corrected chi connectivity index (χ4v) is 4.42. The van der Waals surface area contributed by atoms with Crippen molar-refractivity contribution in [1.82, 2.24) is 24.8 Å². The van der Waals surface area contributed by atoms with E-state index in [0.717, 1.165) is 32.4 Å². The number of halogens is 2. The molecule has 2 atom stereocenters. The van der Waals surface area contributed by atoms with Crippen LogP contribution in [0.25, 0.3) is 16.9 Å². The minimum Gasteiger partial charge on any atom is -0.474 e. The second kappa shape index (κ2) is 9.56. The maximum Gasteiger partial charge on any atom is 0.296 e. The van der Waals surface area contributed by atoms with E-state index in [2.05, 4.69) is 15.3 Å². The first kappa shape index (κ1) is 22.0. The lowest BCUT2D eigenvalue weighted by Crippen LogP contribution is -2.42. The lowest BCUT2D eigenvalue weighted by atomic mass is 10.2. The van der Waals surface area contributed by atoms with Crippen molar-refractivity contribution in [2.24, 2.45) is 0 Å². The summed E-state index contributed by atoms with van der Waals surface area (Å²) >= 11 is 0. The number of aromatic nitrogens is 4. The van der Waals surface area contributed by atoms with Crippen LogP contribution in [-0.2, 0) is 4.74 Å². The zero-order valence-electron chi connectivity index (χ0n) is 18.6. The quantitative estimate of drug-likeness (QED) is 0.627. The van der Waals surface area contributed by atoms with Crippen LogP contribution in [0.4, 0.5) is 14.7 Å². The fraction of sp³-hybridized carbons (Fsp3) is 0.522. The van der Waals surface area contributed by atoms with Gasteiger partial charge in [-0.25, -0.2) is 13.8 Å². The van der Waals surface area contributed by atoms with E-state index in [0.29, 0.717) is 48.4 Å². The zero-order valence-corrected chi connectivity index (χ0v) is 18.6. The summed E-state index contributed by atoms with van der Waals surface area (Å²) in [5, 5.41) is 3.37. The van der Waals surface area contributed by atoms with Crippen molar-refractivity contribution in [3.8, 4) is 11.7 Å². The van der Waals surface area contributed by atoms with Crippen LogP contribution in [0.5, 0.6) is 5.88 Å². The Morgan fingerprint density at radius 2 is 2.03 bits per heavy atom. The smallest absolute Gasteiger partial charge is 0.296 e. The number of fused-ring (bicyclic) bond motifs is 1. The number of nitrogens with zero attached hydrogens (tertiary/aromatic N) is 5. The van der Waals surface area contributed by atoms with Crippen LogP contribution in [0, 0.1) is 0 Å². The molecule has 1 N–H and O–H groups in total. The number of para-hydroxylation sites is 2. The van der Waals surface area contributed by atoms with Gasteiger partial charge in [-0.15, -0.1) is 0 Å². The molecule has 2 unspecified atom stereocenters. The number of imidazole rings is 1. The summed E-state index contributed by atoms with van der Waals surface area (Å²) in [5.41, 5.74) is 1.06. The molecule has 1 aromatic carbocycles. The van der Waals surface area contributed by atoms with Gasteiger partial charge in [0.2, 0.25) is 11.8 Å². The molecule has 8 nitrogen and oxygen atoms in total. The van der Waals surface area contributed by atoms with Crippen LogP contribution in [0.3, 0.4) is 0 Å². The Morgan fingerprint density at radius 1 is 1.15 bits per heavy atom. The molecule has 4 heterocycles. The Balaban J connectivity index is 1.60. The maximum absolute atomic E-state index is 14.0. The zero-order chi connectivity index (χ0) is 22.8. The second-order valence-electron chi connectivity index (χ2n) is 8.51. The highest BCUT2D eigenvalue weighted by Crippen LogP contribution is 2.30. The van der Waals surface area contributed by atoms with E-state index in [1.165, 1.54) is 4.57 Å². The first-order chi connectivity index (χ1) is 16.1. The molecule has 0 spiro atoms. The van der Waals surface area contributed by atoms with Gasteiger partial charge in [0.15, 0.2) is 5.82 Å². The Hall–Kier alpha value is -2.85. The summed E-state index contributed by atoms with van der Waals surface area (Å²) in [5.74, 6) is 0.812. The topological polar surface area (TPSA) is 77.3 Å². The van der Waals surface area contributed by atoms with Crippen LogP contribution < -0.4 is 15.0 Å². The number of nitrogens with one attached hydrogen (secondary N) is 1. The molecule has 0 saturated carbocycles. The van der Waals surface area contributed by atoms with Gasteiger partial charge in [-0.1, -0.05) is 12.1 Å². The normalized spacial score (nSPS) is 22.0. The SMILES string of the molecule is CC1CN(c2nc(OC3CCCNCC3)cc(-n3c(C(F)F)nc4ccccc43)n2)CCO1. The highest BCUT2D eigenvalue weighted by atomic mass is 19.3. The number of benzene rings is 1. The molecular weight excluding hydrogens is 430 g/mol. The molecule has 2 saturated heterocycles. The van der Waals surface area contributed by atoms with Gasteiger partial charge in [-0.05, 0) is 51.4 Å². The molecule has 2 aliphatic heterocycles. The summed E-state index contributed by atoms with van der Waals surface area (Å²) in [6.07, 6.45) is 0.0587. The molecule has 5 rings (SSSR count). The Morgan fingerprint density at radius 3 is 2.88 bits per heavy atom. The van der Waals surface area contributed by atoms with Gasteiger partial charge in [0, 0.05) is 19.2 Å². The van der Waals surface area contributed by atoms with Crippen molar-refractivity contribution in [1.29, 1.82) is 0 Å². The van der Waals surface area contributed by atoms with Gasteiger partial charge >= 0.3 is 0 Å². The predicted molar refractivity (Wildman–Crippen MR) is 120 cm³/mol. The number of rotatable bonds is 5. The molecular formula is C23H28F2N6O2. The molecule has 2 aliphatic rings. The lowest BCUT2D eigenvalue weighted by molar-refractivity contribution is 0.0525. The lowest BCUT2D eigenvalue weighted by Gasteiger charge is -2.31. The van der Waals surface area contributed by atoms with E-state index >= 15 is 0 Å². The first-order valence-electron chi connectivity index (χ1n) is 11.5. The van der Waals surface area contributed by atoms with Gasteiger partial charge in [0.1, 0.15) is 11.9 Å². The fourth-order valence-electron chi connectivity index (χ4n) is 4.42. The molecule has 0 aliphatic carbocycles. The third kappa shape index (κ3) is 4.77. The summed E-state index contributed by atoms with van der Waals surface area (Å²) in [4.78, 5) is 15.6. The van der Waals surface area contributed by atoms with Crippen molar-refractivity contribution in [3.05, 3.63) is 36.2 Å². The molecule has 3 aromatic rings. The van der Waals surface area contributed by atoms with Crippen LogP contribution in [0.15, 0.2) is 30.3 Å². The minimum absolute atomic E-state index is 0.00770. The van der Waals surface area contributed by atoms with Crippen molar-refractivity contribution >= 4 is 17.0 Å². The monoisotopic (exact) mass is 458 g/mol. The van der Waals surface area contributed by atoms with Crippen LogP contribution in [-0.4, -0.2) is 64.5 Å². The highest BCUT2D eigenvalue weighted by Gasteiger charge is 2.25. The third-order valence-electron chi connectivity index (χ3n) is 6.02. The molecule has 10 heteroatoms. The molecule has 2 fully saturated rings. The van der Waals surface area contributed by atoms with Crippen LogP contribution >= 0.6 is 0 Å². The second-order valence-corrected chi connectivity index (χ2v) is 8.51. The molecule has 2 aromatic heterocycles. The van der Waals surface area contributed by atoms with Gasteiger partial charge < -0.3 is 19.7 Å². The number of ether oxygens (including phenoxy) is 2. The van der Waals surface area contributed by atoms with Gasteiger partial charge in [0.25, 0.3) is 6.43 Å². The standard InChI is InChI=1S/C23H28F2N6O2/c1-15-14-30(11-12-32-15)23-28-19(13-20(29-23)33-16-5-4-9-26-10-8-16)31-18-7-3-2-6-17(18)27-22(31)21(24)25/h2-3,6-7,13,15-16,21,26H,4-5,8-12,14H2,1H3. The van der Waals surface area contributed by atoms with Gasteiger partial charge in [-0.3, -0.25) is 4.57 Å². The summed E-state index contributed by atoms with van der Waals surface area (Å²) in [6, 6.07) is 8.72. The predicted octanol–water partition coefficient (Wildman–Crippen LogP) is 3.50. The Labute approximate surface area is 190 Å². The van der Waals surface area contributed by atoms with Crippen molar-refractivity contribution in [2.75, 3.05) is 37.7 Å². The summed E-state index contributed by atoms with van der Waals surface area (Å²) in [6.45, 7) is 5.61. The van der Waals surface area contributed by atoms with E-state index in [-0.39, 0.29) is 18.0 Å². The van der Waals surface area contributed by atoms with E-state index in [9.17, 15) is 8.78 Å². The number of hydrogen-bond donors (Lipinski definition) is 1. The maximum atomic E-state index is 14.0. The number of anilines is 1. The Kier molecular flexibility index (Phi) is 6.37. The van der Waals surface area contributed by atoms with Crippen molar-refractivity contribution in [2.45, 2.75) is 44.8 Å². The highest BCUT2D eigenvalue weighted by molar-refractivity contribution is 5.78. The number of hydrogen-bond acceptors (Lipinski definition) is 7. The molecule has 0 amide bonds. The van der Waals surface area contributed by atoms with Crippen molar-refractivity contribution in [3.63, 3.8) is 0 Å². The van der Waals surface area contributed by atoms with E-state index < -0.39 is 6.43 Å². The number of alkyl halides is 2. The molecule has 0 bridgehead atoms. The van der Waals surface area contributed by atoms with Gasteiger partial charge in [0.05, 0.1) is 23.7 Å². The molecule has 176 valence electrons. The average molecular weight is 459 g/mol. The Bertz CT molecular complexity index is 1100. The third-order valence-corrected chi connectivity index (χ3v) is 6.02. The molecule has 0 radical (unpaired) electrons. The first-order valence-corrected chi connectivity index (χ1v) is 11.5. The van der Waals surface area contributed by atoms with Crippen LogP contribution in [0.2, 0.25) is 0 Å². The largest absolute Gasteiger partial charge is 0.474 e. The summed E-state index contributed by atoms with van der Waals surface area (Å²) in [7, 11) is 0. The minimum atomic E-state index is -2.75. The van der Waals surface area contributed by atoms with E-state index in [4.69, 9.17) is 14.5 Å². The number of morpholine rings is 1. The van der Waals surface area contributed by atoms with E-state index in [1.54, 1.807) is 30.3 Å².